The summed E-state index contributed by atoms with van der Waals surface area (Å²) in [6, 6.07) is 4.38. The Morgan fingerprint density at radius 1 is 1.44 bits per heavy atom. The standard InChI is InChI=1S/C11H11ClO4/c1-2-8(13)6-4-3-5-7(9(6)12)10(14)11(15)16/h3-5,10,14H,2H2,1H3,(H,15,16). The van der Waals surface area contributed by atoms with Gasteiger partial charge in [0.05, 0.1) is 5.02 Å². The van der Waals surface area contributed by atoms with Crippen molar-refractivity contribution in [1.29, 1.82) is 0 Å². The van der Waals surface area contributed by atoms with E-state index >= 15 is 0 Å². The summed E-state index contributed by atoms with van der Waals surface area (Å²) < 4.78 is 0. The van der Waals surface area contributed by atoms with Crippen molar-refractivity contribution in [2.45, 2.75) is 19.4 Å². The van der Waals surface area contributed by atoms with Gasteiger partial charge in [-0.2, -0.15) is 0 Å². The molecule has 1 aromatic carbocycles. The van der Waals surface area contributed by atoms with E-state index in [1.54, 1.807) is 6.92 Å². The lowest BCUT2D eigenvalue weighted by Gasteiger charge is -2.10. The van der Waals surface area contributed by atoms with E-state index in [2.05, 4.69) is 0 Å². The molecular weight excluding hydrogens is 232 g/mol. The molecule has 0 saturated heterocycles. The Kier molecular flexibility index (Phi) is 4.04. The number of carbonyl (C=O) groups excluding carboxylic acids is 1. The van der Waals surface area contributed by atoms with Crippen molar-refractivity contribution in [1.82, 2.24) is 0 Å². The van der Waals surface area contributed by atoms with Gasteiger partial charge in [-0.1, -0.05) is 30.7 Å². The van der Waals surface area contributed by atoms with Crippen molar-refractivity contribution in [3.05, 3.63) is 34.3 Å². The number of carboxylic acids is 1. The van der Waals surface area contributed by atoms with Crippen molar-refractivity contribution in [3.8, 4) is 0 Å². The minimum Gasteiger partial charge on any atom is -0.479 e. The molecule has 1 atom stereocenters. The third-order valence-corrected chi connectivity index (χ3v) is 2.60. The number of hydrogen-bond acceptors (Lipinski definition) is 3. The minimum absolute atomic E-state index is 0.00394. The molecule has 0 aliphatic carbocycles. The summed E-state index contributed by atoms with van der Waals surface area (Å²) in [6.45, 7) is 1.68. The summed E-state index contributed by atoms with van der Waals surface area (Å²) in [4.78, 5) is 22.1. The minimum atomic E-state index is -1.71. The lowest BCUT2D eigenvalue weighted by molar-refractivity contribution is -0.146. The van der Waals surface area contributed by atoms with Crippen LogP contribution in [0.15, 0.2) is 18.2 Å². The lowest BCUT2D eigenvalue weighted by Crippen LogP contribution is -2.12. The molecule has 0 fully saturated rings. The number of ketones is 1. The van der Waals surface area contributed by atoms with Gasteiger partial charge in [0, 0.05) is 17.5 Å². The predicted molar refractivity (Wildman–Crippen MR) is 58.7 cm³/mol. The second-order valence-corrected chi connectivity index (χ2v) is 3.60. The maximum atomic E-state index is 11.5. The van der Waals surface area contributed by atoms with Gasteiger partial charge < -0.3 is 10.2 Å². The number of benzene rings is 1. The van der Waals surface area contributed by atoms with Crippen LogP contribution in [0.25, 0.3) is 0 Å². The molecule has 0 saturated carbocycles. The fourth-order valence-electron chi connectivity index (χ4n) is 1.30. The van der Waals surface area contributed by atoms with Crippen molar-refractivity contribution in [2.24, 2.45) is 0 Å². The van der Waals surface area contributed by atoms with Crippen molar-refractivity contribution >= 4 is 23.4 Å². The molecule has 1 unspecified atom stereocenters. The van der Waals surface area contributed by atoms with Crippen LogP contribution >= 0.6 is 11.6 Å². The normalized spacial score (nSPS) is 12.2. The maximum absolute atomic E-state index is 11.5. The summed E-state index contributed by atoms with van der Waals surface area (Å²) in [5, 5.41) is 18.0. The Labute approximate surface area is 97.5 Å². The first-order chi connectivity index (χ1) is 7.49. The molecule has 0 aliphatic heterocycles. The monoisotopic (exact) mass is 242 g/mol. The summed E-state index contributed by atoms with van der Waals surface area (Å²) in [5.74, 6) is -1.59. The molecule has 0 heterocycles. The lowest BCUT2D eigenvalue weighted by atomic mass is 10.0. The first-order valence-electron chi connectivity index (χ1n) is 4.71. The molecule has 0 radical (unpaired) electrons. The highest BCUT2D eigenvalue weighted by atomic mass is 35.5. The number of carbonyl (C=O) groups is 2. The average molecular weight is 243 g/mol. The molecule has 5 heteroatoms. The molecular formula is C11H11ClO4. The van der Waals surface area contributed by atoms with Gasteiger partial charge in [-0.15, -0.1) is 0 Å². The van der Waals surface area contributed by atoms with Crippen LogP contribution in [-0.2, 0) is 4.79 Å². The van der Waals surface area contributed by atoms with Gasteiger partial charge in [0.1, 0.15) is 0 Å². The quantitative estimate of drug-likeness (QED) is 0.793. The van der Waals surface area contributed by atoms with Crippen LogP contribution in [0.5, 0.6) is 0 Å². The average Bonchev–Trinajstić information content (AvgIpc) is 2.27. The molecule has 0 aromatic heterocycles. The van der Waals surface area contributed by atoms with Gasteiger partial charge >= 0.3 is 5.97 Å². The molecule has 0 amide bonds. The summed E-state index contributed by atoms with van der Waals surface area (Å²) in [5.41, 5.74) is 0.274. The summed E-state index contributed by atoms with van der Waals surface area (Å²) in [7, 11) is 0. The molecule has 2 N–H and O–H groups in total. The van der Waals surface area contributed by atoms with Crippen LogP contribution in [0.4, 0.5) is 0 Å². The van der Waals surface area contributed by atoms with Crippen LogP contribution in [0, 0.1) is 0 Å². The zero-order chi connectivity index (χ0) is 12.3. The summed E-state index contributed by atoms with van der Waals surface area (Å²) >= 11 is 5.88. The van der Waals surface area contributed by atoms with Crippen molar-refractivity contribution < 1.29 is 19.8 Å². The number of aliphatic hydroxyl groups is 1. The number of hydrogen-bond donors (Lipinski definition) is 2. The number of Topliss-reactive ketones (excluding diaryl/α,β-unsaturated/α-hetero) is 1. The van der Waals surface area contributed by atoms with Crippen LogP contribution in [0.3, 0.4) is 0 Å². The van der Waals surface area contributed by atoms with Crippen LogP contribution < -0.4 is 0 Å². The highest BCUT2D eigenvalue weighted by Crippen LogP contribution is 2.27. The van der Waals surface area contributed by atoms with E-state index < -0.39 is 12.1 Å². The van der Waals surface area contributed by atoms with E-state index in [1.807, 2.05) is 0 Å². The highest BCUT2D eigenvalue weighted by molar-refractivity contribution is 6.35. The van der Waals surface area contributed by atoms with Gasteiger partial charge in [0.15, 0.2) is 11.9 Å². The SMILES string of the molecule is CCC(=O)c1cccc(C(O)C(=O)O)c1Cl. The molecule has 0 spiro atoms. The van der Waals surface area contributed by atoms with Crippen molar-refractivity contribution in [3.63, 3.8) is 0 Å². The molecule has 0 bridgehead atoms. The van der Waals surface area contributed by atoms with E-state index in [0.717, 1.165) is 0 Å². The highest BCUT2D eigenvalue weighted by Gasteiger charge is 2.21. The predicted octanol–water partition coefficient (Wildman–Crippen LogP) is 2.05. The Hall–Kier alpha value is -1.39. The van der Waals surface area contributed by atoms with Gasteiger partial charge in [-0.05, 0) is 6.07 Å². The molecule has 1 rings (SSSR count). The first kappa shape index (κ1) is 12.7. The molecule has 0 aliphatic rings. The Bertz CT molecular complexity index is 428. The van der Waals surface area contributed by atoms with E-state index in [0.29, 0.717) is 0 Å². The number of aliphatic hydroxyl groups excluding tert-OH is 1. The number of carboxylic acid groups (broad SMARTS) is 1. The van der Waals surface area contributed by atoms with Gasteiger partial charge in [0.2, 0.25) is 0 Å². The van der Waals surface area contributed by atoms with Gasteiger partial charge in [-0.25, -0.2) is 4.79 Å². The topological polar surface area (TPSA) is 74.6 Å². The number of rotatable bonds is 4. The van der Waals surface area contributed by atoms with Gasteiger partial charge in [-0.3, -0.25) is 4.79 Å². The molecule has 1 aromatic rings. The third kappa shape index (κ3) is 2.40. The van der Waals surface area contributed by atoms with Crippen LogP contribution in [-0.4, -0.2) is 22.0 Å². The molecule has 4 nitrogen and oxygen atoms in total. The fraction of sp³-hybridized carbons (Fsp3) is 0.273. The Morgan fingerprint density at radius 3 is 2.56 bits per heavy atom. The second kappa shape index (κ2) is 5.09. The number of aliphatic carboxylic acids is 1. The van der Waals surface area contributed by atoms with E-state index in [9.17, 15) is 14.7 Å². The van der Waals surface area contributed by atoms with E-state index in [4.69, 9.17) is 16.7 Å². The van der Waals surface area contributed by atoms with Gasteiger partial charge in [0.25, 0.3) is 0 Å². The Morgan fingerprint density at radius 2 is 2.06 bits per heavy atom. The first-order valence-corrected chi connectivity index (χ1v) is 5.09. The van der Waals surface area contributed by atoms with Crippen LogP contribution in [0.2, 0.25) is 5.02 Å². The molecule has 16 heavy (non-hydrogen) atoms. The van der Waals surface area contributed by atoms with E-state index in [-0.39, 0.29) is 28.4 Å². The van der Waals surface area contributed by atoms with E-state index in [1.165, 1.54) is 18.2 Å². The second-order valence-electron chi connectivity index (χ2n) is 3.23. The number of halogens is 1. The maximum Gasteiger partial charge on any atom is 0.337 e. The Balaban J connectivity index is 3.23. The smallest absolute Gasteiger partial charge is 0.337 e. The molecule has 86 valence electrons. The van der Waals surface area contributed by atoms with Crippen LogP contribution in [0.1, 0.15) is 35.4 Å². The zero-order valence-corrected chi connectivity index (χ0v) is 9.36. The van der Waals surface area contributed by atoms with Crippen molar-refractivity contribution in [2.75, 3.05) is 0 Å². The fourth-order valence-corrected chi connectivity index (χ4v) is 1.63. The summed E-state index contributed by atoms with van der Waals surface area (Å²) in [6.07, 6.45) is -1.44. The third-order valence-electron chi connectivity index (χ3n) is 2.18. The zero-order valence-electron chi connectivity index (χ0n) is 8.61. The largest absolute Gasteiger partial charge is 0.479 e.